The SMILES string of the molecule is Cn1cc(CC(=O)c2csc(NC(C)(C)C)n2)cc1C(=O)Nc1cc(C(=O)Nc2cc(C(=O)C(C)(C)C)n(C)c2)n(C)c1.Cn1cc(CC(=O)c2nc(NC(C)(C)C)cn2C)cc1C(=O)Nc1cc(C(=O)Nc2cc(C(=O)C(C)(C)C)n(C)c2)n(C)c1.Cn1cc(NC(C)(C)C)cc1C(=O)Cc1cc(C(=O)Nc2cc(C(=O)Nc3cc(C(=O)C(C)(C)C)n(C)c3)n(C)c2)n(C)c1. The third-order valence-electron chi connectivity index (χ3n) is 20.7. The van der Waals surface area contributed by atoms with Crippen molar-refractivity contribution in [1.29, 1.82) is 0 Å². The molecule has 0 aliphatic carbocycles. The van der Waals surface area contributed by atoms with Gasteiger partial charge in [0.1, 0.15) is 45.7 Å². The van der Waals surface area contributed by atoms with Gasteiger partial charge >= 0.3 is 0 Å². The van der Waals surface area contributed by atoms with Crippen LogP contribution in [0, 0.1) is 16.2 Å². The number of carbonyl (C=O) groups is 12. The molecule has 0 aliphatic rings. The third-order valence-corrected chi connectivity index (χ3v) is 21.5. The number of amides is 6. The van der Waals surface area contributed by atoms with E-state index >= 15 is 0 Å². The van der Waals surface area contributed by atoms with Gasteiger partial charge in [0.05, 0.1) is 62.6 Å². The molecule has 0 atom stereocenters. The van der Waals surface area contributed by atoms with Crippen LogP contribution in [0.3, 0.4) is 0 Å². The van der Waals surface area contributed by atoms with Gasteiger partial charge in [0, 0.05) is 203 Å². The molecule has 0 fully saturated rings. The number of thiazole rings is 1. The second kappa shape index (κ2) is 38.3. The van der Waals surface area contributed by atoms with Crippen molar-refractivity contribution in [3.05, 3.63) is 219 Å². The fourth-order valence-corrected chi connectivity index (χ4v) is 15.4. The lowest BCUT2D eigenvalue weighted by atomic mass is 9.89. The van der Waals surface area contributed by atoms with E-state index in [0.717, 1.165) is 11.3 Å². The number of hydrogen-bond donors (Lipinski definition) is 9. The van der Waals surface area contributed by atoms with Gasteiger partial charge in [-0.2, -0.15) is 0 Å². The zero-order chi connectivity index (χ0) is 97.3. The van der Waals surface area contributed by atoms with Crippen molar-refractivity contribution < 1.29 is 57.5 Å². The summed E-state index contributed by atoms with van der Waals surface area (Å²) < 4.78 is 18.4. The first kappa shape index (κ1) is 99.0. The Labute approximate surface area is 767 Å². The number of Topliss-reactive ketones (excluding diaryl/α,β-unsaturated/α-hetero) is 6. The van der Waals surface area contributed by atoms with Crippen LogP contribution in [0.5, 0.6) is 0 Å². The maximum absolute atomic E-state index is 13.2. The summed E-state index contributed by atoms with van der Waals surface area (Å²) in [4.78, 5) is 165. The van der Waals surface area contributed by atoms with Crippen LogP contribution in [-0.4, -0.2) is 147 Å². The highest BCUT2D eigenvalue weighted by Crippen LogP contribution is 2.32. The molecule has 0 bridgehead atoms. The smallest absolute Gasteiger partial charge is 0.272 e. The van der Waals surface area contributed by atoms with Gasteiger partial charge in [-0.05, 0) is 140 Å². The van der Waals surface area contributed by atoms with E-state index in [2.05, 4.69) is 78.6 Å². The molecule has 9 N–H and O–H groups in total. The van der Waals surface area contributed by atoms with Gasteiger partial charge in [-0.25, -0.2) is 9.97 Å². The van der Waals surface area contributed by atoms with Gasteiger partial charge in [0.25, 0.3) is 35.4 Å². The molecule has 35 heteroatoms. The molecule has 6 amide bonds. The maximum Gasteiger partial charge on any atom is 0.272 e. The summed E-state index contributed by atoms with van der Waals surface area (Å²) in [5.74, 6) is -1.78. The second-order valence-corrected chi connectivity index (χ2v) is 40.5. The Balaban J connectivity index is 0.000000204. The van der Waals surface area contributed by atoms with E-state index in [1.54, 1.807) is 243 Å². The van der Waals surface area contributed by atoms with Crippen molar-refractivity contribution in [2.75, 3.05) is 47.9 Å². The molecule has 0 aliphatic heterocycles. The summed E-state index contributed by atoms with van der Waals surface area (Å²) in [6, 6.07) is 16.6. The number of aryl methyl sites for hydroxylation is 11. The summed E-state index contributed by atoms with van der Waals surface area (Å²) in [7, 11) is 19.2. The molecule has 12 aromatic heterocycles. The van der Waals surface area contributed by atoms with E-state index in [0.29, 0.717) is 125 Å². The van der Waals surface area contributed by atoms with Gasteiger partial charge in [-0.1, -0.05) is 62.3 Å². The summed E-state index contributed by atoms with van der Waals surface area (Å²) >= 11 is 1.38. The van der Waals surface area contributed by atoms with Crippen LogP contribution >= 0.6 is 11.3 Å². The Morgan fingerprint density at radius 2 is 0.519 bits per heavy atom. The average molecular weight is 1810 g/mol. The predicted octanol–water partition coefficient (Wildman–Crippen LogP) is 15.7. The summed E-state index contributed by atoms with van der Waals surface area (Å²) in [5.41, 5.74) is 8.16. The maximum atomic E-state index is 13.2. The minimum absolute atomic E-state index is 0.0277. The number of anilines is 9. The van der Waals surface area contributed by atoms with Gasteiger partial charge in [-0.3, -0.25) is 57.5 Å². The minimum atomic E-state index is -0.556. The van der Waals surface area contributed by atoms with Gasteiger partial charge in [0.15, 0.2) is 39.9 Å². The molecule has 12 rings (SSSR count). The molecule has 0 saturated carbocycles. The second-order valence-electron chi connectivity index (χ2n) is 39.6. The molecule has 0 aromatic carbocycles. The lowest BCUT2D eigenvalue weighted by Gasteiger charge is -2.20. The molecular weight excluding hydrogens is 1690 g/mol. The number of aromatic nitrogens is 13. The summed E-state index contributed by atoms with van der Waals surface area (Å²) in [6.07, 6.45) is 19.3. The van der Waals surface area contributed by atoms with Crippen molar-refractivity contribution >= 4 is 132 Å². The first-order valence-electron chi connectivity index (χ1n) is 42.6. The fraction of sp³-hybridized carbons (Fsp3) is 0.396. The molecule has 0 radical (unpaired) electrons. The van der Waals surface area contributed by atoms with Crippen molar-refractivity contribution in [3.63, 3.8) is 0 Å². The van der Waals surface area contributed by atoms with Crippen LogP contribution in [0.4, 0.5) is 50.8 Å². The van der Waals surface area contributed by atoms with E-state index in [1.165, 1.54) is 11.3 Å². The topological polar surface area (TPSA) is 393 Å². The molecule has 131 heavy (non-hydrogen) atoms. The fourth-order valence-electron chi connectivity index (χ4n) is 14.5. The molecule has 12 heterocycles. The molecule has 0 unspecified atom stereocenters. The molecule has 696 valence electrons. The molecule has 0 spiro atoms. The molecule has 12 aromatic rings. The van der Waals surface area contributed by atoms with E-state index in [9.17, 15) is 57.5 Å². The van der Waals surface area contributed by atoms with E-state index < -0.39 is 16.2 Å². The van der Waals surface area contributed by atoms with Crippen molar-refractivity contribution in [2.24, 2.45) is 93.8 Å². The van der Waals surface area contributed by atoms with Gasteiger partial charge in [-0.15, -0.1) is 11.3 Å². The molecule has 0 saturated heterocycles. The first-order chi connectivity index (χ1) is 60.5. The number of ketones is 6. The van der Waals surface area contributed by atoms with Crippen molar-refractivity contribution in [3.8, 4) is 0 Å². The quantitative estimate of drug-likeness (QED) is 0.0216. The zero-order valence-electron chi connectivity index (χ0n) is 80.4. The van der Waals surface area contributed by atoms with Crippen LogP contribution in [0.15, 0.2) is 134 Å². The highest BCUT2D eigenvalue weighted by molar-refractivity contribution is 7.13. The minimum Gasteiger partial charge on any atom is -0.379 e. The Morgan fingerprint density at radius 1 is 0.267 bits per heavy atom. The van der Waals surface area contributed by atoms with Gasteiger partial charge < -0.3 is 98.1 Å². The number of rotatable bonds is 27. The average Bonchev–Trinajstić information content (AvgIpc) is 1.65. The highest BCUT2D eigenvalue weighted by Gasteiger charge is 2.32. The predicted molar refractivity (Wildman–Crippen MR) is 513 cm³/mol. The zero-order valence-corrected chi connectivity index (χ0v) is 81.3. The lowest BCUT2D eigenvalue weighted by Crippen LogP contribution is -2.26. The van der Waals surface area contributed by atoms with Crippen LogP contribution in [0.1, 0.15) is 267 Å². The van der Waals surface area contributed by atoms with Crippen LogP contribution in [0.25, 0.3) is 0 Å². The van der Waals surface area contributed by atoms with Gasteiger partial charge in [0.2, 0.25) is 5.78 Å². The Morgan fingerprint density at radius 3 is 0.824 bits per heavy atom. The van der Waals surface area contributed by atoms with E-state index in [-0.39, 0.29) is 106 Å². The van der Waals surface area contributed by atoms with Crippen molar-refractivity contribution in [2.45, 2.75) is 161 Å². The standard InChI is InChI=1S/C33H43N7O4.C32H42N8O4.C31H39N7O4S/c1-32(2,3)29(42)25-13-21(17-39(25)9)34-31(44)27-14-22(18-40(27)10)35-30(43)26-11-20(16-37(26)7)12-28(41)24-15-23(19-38(24)8)36-33(4,5)6;1-31(2,3)27(42)22-13-20(16-38(22)8)33-30(44)24-14-21(17-39(24)9)34-29(43)23-11-19(15-37(23)7)12-25(41)28-35-26(18-40(28)10)36-32(4,5)6;1-30(2,3)26(40)22-12-19(15-37(22)8)32-28(42)24-13-20(16-38(24)9)33-27(41)23-10-18(14-36(23)7)11-25(39)21-17-43-29(34-21)35-31(4,5)6/h11,13-19,36H,12H2,1-10H3,(H,34,44)(H,35,43);11,13-18,36H,12H2,1-10H3,(H,33,44)(H,34,43);10,12-17H,11H2,1-9H3,(H,32,42)(H,33,41)(H,34,35). The first-order valence-corrected chi connectivity index (χ1v) is 43.5. The highest BCUT2D eigenvalue weighted by atomic mass is 32.1. The monoisotopic (exact) mass is 1810 g/mol. The molecular formula is C96H124N22O12S. The van der Waals surface area contributed by atoms with Crippen molar-refractivity contribution in [1.82, 2.24) is 60.2 Å². The number of imidazole rings is 1. The van der Waals surface area contributed by atoms with E-state index in [1.807, 2.05) is 123 Å². The van der Waals surface area contributed by atoms with Crippen LogP contribution in [0.2, 0.25) is 0 Å². The molecule has 34 nitrogen and oxygen atoms in total. The van der Waals surface area contributed by atoms with Crippen LogP contribution < -0.4 is 47.9 Å². The number of nitrogens with one attached hydrogen (secondary N) is 9. The number of nitrogens with zero attached hydrogens (tertiary/aromatic N) is 13. The Hall–Kier alpha value is -14.1. The normalized spacial score (nSPS) is 11.9. The Kier molecular flexibility index (Phi) is 28.9. The number of hydrogen-bond acceptors (Lipinski definition) is 18. The number of carbonyl (C=O) groups excluding carboxylic acids is 12. The lowest BCUT2D eigenvalue weighted by molar-refractivity contribution is 0.0843. The van der Waals surface area contributed by atoms with E-state index in [4.69, 9.17) is 0 Å². The third kappa shape index (κ3) is 25.3. The van der Waals surface area contributed by atoms with Crippen LogP contribution in [-0.2, 0) is 96.8 Å². The Bertz CT molecular complexity index is 6160. The largest absolute Gasteiger partial charge is 0.379 e. The summed E-state index contributed by atoms with van der Waals surface area (Å²) in [6.45, 7) is 34.9. The summed E-state index contributed by atoms with van der Waals surface area (Å²) in [5, 5.41) is 29.4.